The molecule has 0 saturated heterocycles. The minimum Gasteiger partial charge on any atom is -0.462 e. The average Bonchev–Trinajstić information content (AvgIpc) is 2.86. The van der Waals surface area contributed by atoms with E-state index in [0.29, 0.717) is 17.2 Å². The third-order valence-electron chi connectivity index (χ3n) is 2.07. The second kappa shape index (κ2) is 4.49. The lowest BCUT2D eigenvalue weighted by atomic mass is 10.4. The first kappa shape index (κ1) is 10.9. The molecule has 84 valence electrons. The molecule has 16 heavy (non-hydrogen) atoms. The predicted octanol–water partition coefficient (Wildman–Crippen LogP) is 2.42. The number of nitrogens with zero attached hydrogens (tertiary/aromatic N) is 2. The summed E-state index contributed by atoms with van der Waals surface area (Å²) >= 11 is 1.34. The van der Waals surface area contributed by atoms with Gasteiger partial charge in [0, 0.05) is 12.4 Å². The van der Waals surface area contributed by atoms with Crippen LogP contribution in [-0.4, -0.2) is 22.1 Å². The molecule has 0 bridgehead atoms. The van der Waals surface area contributed by atoms with Gasteiger partial charge in [0.2, 0.25) is 0 Å². The van der Waals surface area contributed by atoms with Gasteiger partial charge in [-0.15, -0.1) is 0 Å². The Hall–Kier alpha value is -1.62. The molecule has 4 nitrogen and oxygen atoms in total. The van der Waals surface area contributed by atoms with Crippen LogP contribution in [0.15, 0.2) is 24.5 Å². The Balaban J connectivity index is 2.32. The summed E-state index contributed by atoms with van der Waals surface area (Å²) in [5.74, 6) is -0.295. The van der Waals surface area contributed by atoms with E-state index in [2.05, 4.69) is 4.98 Å². The van der Waals surface area contributed by atoms with Gasteiger partial charge in [-0.3, -0.25) is 0 Å². The monoisotopic (exact) mass is 236 g/mol. The van der Waals surface area contributed by atoms with Gasteiger partial charge in [-0.2, -0.15) is 0 Å². The number of hydrogen-bond acceptors (Lipinski definition) is 4. The molecule has 0 N–H and O–H groups in total. The summed E-state index contributed by atoms with van der Waals surface area (Å²) in [5, 5.41) is 0.783. The van der Waals surface area contributed by atoms with Gasteiger partial charge < -0.3 is 9.30 Å². The van der Waals surface area contributed by atoms with Crippen molar-refractivity contribution in [1.29, 1.82) is 0 Å². The number of thiazole rings is 1. The lowest BCUT2D eigenvalue weighted by Crippen LogP contribution is -2.03. The van der Waals surface area contributed by atoms with Crippen LogP contribution in [0.25, 0.3) is 5.13 Å². The van der Waals surface area contributed by atoms with Crippen LogP contribution >= 0.6 is 11.3 Å². The summed E-state index contributed by atoms with van der Waals surface area (Å²) in [7, 11) is 0. The fraction of sp³-hybridized carbons (Fsp3) is 0.273. The molecular formula is C11H12N2O2S. The molecule has 2 heterocycles. The van der Waals surface area contributed by atoms with Crippen molar-refractivity contribution < 1.29 is 9.53 Å². The van der Waals surface area contributed by atoms with Crippen molar-refractivity contribution in [3.8, 4) is 5.13 Å². The molecule has 0 fully saturated rings. The highest BCUT2D eigenvalue weighted by Crippen LogP contribution is 2.22. The number of esters is 1. The minimum absolute atomic E-state index is 0.295. The van der Waals surface area contributed by atoms with E-state index in [1.807, 2.05) is 36.0 Å². The third-order valence-corrected chi connectivity index (χ3v) is 3.22. The first-order chi connectivity index (χ1) is 7.72. The van der Waals surface area contributed by atoms with Crippen molar-refractivity contribution in [2.24, 2.45) is 0 Å². The molecule has 0 aliphatic rings. The first-order valence-electron chi connectivity index (χ1n) is 5.00. The van der Waals surface area contributed by atoms with Crippen molar-refractivity contribution in [2.75, 3.05) is 6.61 Å². The number of ether oxygens (including phenoxy) is 1. The van der Waals surface area contributed by atoms with Crippen LogP contribution in [-0.2, 0) is 4.74 Å². The van der Waals surface area contributed by atoms with Crippen LogP contribution in [0.3, 0.4) is 0 Å². The normalized spacial score (nSPS) is 10.4. The van der Waals surface area contributed by atoms with Gasteiger partial charge in [0.25, 0.3) is 0 Å². The van der Waals surface area contributed by atoms with Gasteiger partial charge >= 0.3 is 5.97 Å². The number of rotatable bonds is 3. The fourth-order valence-electron chi connectivity index (χ4n) is 1.34. The lowest BCUT2D eigenvalue weighted by molar-refractivity contribution is 0.0531. The zero-order valence-electron chi connectivity index (χ0n) is 9.14. The van der Waals surface area contributed by atoms with Crippen molar-refractivity contribution >= 4 is 17.3 Å². The number of carbonyl (C=O) groups is 1. The van der Waals surface area contributed by atoms with Gasteiger partial charge in [-0.05, 0) is 26.0 Å². The van der Waals surface area contributed by atoms with Crippen molar-refractivity contribution in [2.45, 2.75) is 13.8 Å². The average molecular weight is 236 g/mol. The van der Waals surface area contributed by atoms with Crippen LogP contribution < -0.4 is 0 Å². The number of aromatic nitrogens is 2. The quantitative estimate of drug-likeness (QED) is 0.769. The predicted molar refractivity (Wildman–Crippen MR) is 62.1 cm³/mol. The third kappa shape index (κ3) is 1.99. The molecular weight excluding hydrogens is 224 g/mol. The van der Waals surface area contributed by atoms with Crippen LogP contribution in [0, 0.1) is 6.92 Å². The van der Waals surface area contributed by atoms with E-state index >= 15 is 0 Å². The van der Waals surface area contributed by atoms with E-state index in [9.17, 15) is 4.79 Å². The highest BCUT2D eigenvalue weighted by Gasteiger charge is 2.16. The molecule has 0 aliphatic heterocycles. The summed E-state index contributed by atoms with van der Waals surface area (Å²) in [4.78, 5) is 16.5. The maximum atomic E-state index is 11.6. The minimum atomic E-state index is -0.295. The maximum absolute atomic E-state index is 11.6. The standard InChI is InChI=1S/C11H12N2O2S/c1-3-15-10(14)9-8(2)12-11(16-9)13-6-4-5-7-13/h4-7H,3H2,1-2H3. The Morgan fingerprint density at radius 2 is 2.19 bits per heavy atom. The highest BCUT2D eigenvalue weighted by molar-refractivity contribution is 7.16. The molecule has 0 saturated carbocycles. The van der Waals surface area contributed by atoms with E-state index in [1.165, 1.54) is 11.3 Å². The van der Waals surface area contributed by atoms with Crippen LogP contribution in [0.1, 0.15) is 22.3 Å². The lowest BCUT2D eigenvalue weighted by Gasteiger charge is -1.97. The van der Waals surface area contributed by atoms with Crippen LogP contribution in [0.2, 0.25) is 0 Å². The Labute approximate surface area is 97.5 Å². The second-order valence-electron chi connectivity index (χ2n) is 3.22. The summed E-state index contributed by atoms with van der Waals surface area (Å²) in [6.45, 7) is 3.99. The van der Waals surface area contributed by atoms with Crippen molar-refractivity contribution in [3.05, 3.63) is 35.1 Å². The Morgan fingerprint density at radius 3 is 2.81 bits per heavy atom. The summed E-state index contributed by atoms with van der Waals surface area (Å²) in [6, 6.07) is 3.83. The Kier molecular flexibility index (Phi) is 3.05. The van der Waals surface area contributed by atoms with E-state index in [0.717, 1.165) is 5.13 Å². The van der Waals surface area contributed by atoms with Crippen molar-refractivity contribution in [3.63, 3.8) is 0 Å². The highest BCUT2D eigenvalue weighted by atomic mass is 32.1. The van der Waals surface area contributed by atoms with Gasteiger partial charge in [0.1, 0.15) is 4.88 Å². The second-order valence-corrected chi connectivity index (χ2v) is 4.20. The van der Waals surface area contributed by atoms with Gasteiger partial charge in [0.05, 0.1) is 12.3 Å². The van der Waals surface area contributed by atoms with Gasteiger partial charge in [0.15, 0.2) is 5.13 Å². The summed E-state index contributed by atoms with van der Waals surface area (Å²) in [5.41, 5.74) is 0.715. The SMILES string of the molecule is CCOC(=O)c1sc(-n2cccc2)nc1C. The topological polar surface area (TPSA) is 44.1 Å². The van der Waals surface area contributed by atoms with Crippen LogP contribution in [0.5, 0.6) is 0 Å². The molecule has 5 heteroatoms. The number of hydrogen-bond donors (Lipinski definition) is 0. The largest absolute Gasteiger partial charge is 0.462 e. The molecule has 0 amide bonds. The molecule has 0 aromatic carbocycles. The molecule has 0 unspecified atom stereocenters. The number of aryl methyl sites for hydroxylation is 1. The Morgan fingerprint density at radius 1 is 1.50 bits per heavy atom. The first-order valence-corrected chi connectivity index (χ1v) is 5.82. The van der Waals surface area contributed by atoms with Gasteiger partial charge in [-0.1, -0.05) is 11.3 Å². The van der Waals surface area contributed by atoms with E-state index in [-0.39, 0.29) is 5.97 Å². The molecule has 0 aliphatic carbocycles. The molecule has 2 rings (SSSR count). The molecule has 0 radical (unpaired) electrons. The number of carbonyl (C=O) groups excluding carboxylic acids is 1. The molecule has 2 aromatic heterocycles. The smallest absolute Gasteiger partial charge is 0.350 e. The molecule has 0 atom stereocenters. The summed E-state index contributed by atoms with van der Waals surface area (Å²) < 4.78 is 6.84. The van der Waals surface area contributed by atoms with Crippen molar-refractivity contribution in [1.82, 2.24) is 9.55 Å². The molecule has 0 spiro atoms. The summed E-state index contributed by atoms with van der Waals surface area (Å²) in [6.07, 6.45) is 3.79. The molecule has 2 aromatic rings. The Bertz CT molecular complexity index is 488. The van der Waals surface area contributed by atoms with E-state index in [1.54, 1.807) is 6.92 Å². The maximum Gasteiger partial charge on any atom is 0.350 e. The van der Waals surface area contributed by atoms with E-state index < -0.39 is 0 Å². The zero-order chi connectivity index (χ0) is 11.5. The zero-order valence-corrected chi connectivity index (χ0v) is 9.95. The van der Waals surface area contributed by atoms with Crippen LogP contribution in [0.4, 0.5) is 0 Å². The van der Waals surface area contributed by atoms with E-state index in [4.69, 9.17) is 4.74 Å². The fourth-order valence-corrected chi connectivity index (χ4v) is 2.27. The van der Waals surface area contributed by atoms with Gasteiger partial charge in [-0.25, -0.2) is 9.78 Å².